The molecule has 0 aliphatic carbocycles. The van der Waals surface area contributed by atoms with Gasteiger partial charge in [0.2, 0.25) is 0 Å². The number of likely N-dealkylation sites (tertiary alicyclic amines) is 1. The van der Waals surface area contributed by atoms with E-state index in [2.05, 4.69) is 23.7 Å². The van der Waals surface area contributed by atoms with Gasteiger partial charge in [0.15, 0.2) is 5.89 Å². The average molecular weight is 266 g/mol. The van der Waals surface area contributed by atoms with Gasteiger partial charge in [-0.3, -0.25) is 9.69 Å². The van der Waals surface area contributed by atoms with Crippen LogP contribution in [0.15, 0.2) is 10.6 Å². The van der Waals surface area contributed by atoms with Crippen LogP contribution in [0.1, 0.15) is 50.3 Å². The zero-order valence-electron chi connectivity index (χ0n) is 12.0. The number of nitrogens with zero attached hydrogens (tertiary/aromatic N) is 2. The van der Waals surface area contributed by atoms with Crippen molar-refractivity contribution in [3.05, 3.63) is 17.8 Å². The van der Waals surface area contributed by atoms with Crippen molar-refractivity contribution in [1.82, 2.24) is 9.88 Å². The standard InChI is InChI=1S/C14H22N2O3/c1-9(2)13-15-7-12(19-13)11-6-5-10(8-16(11)3)14(17)18-4/h7,9-11H,5-6,8H2,1-4H3. The third-order valence-electron chi connectivity index (χ3n) is 3.73. The van der Waals surface area contributed by atoms with Crippen molar-refractivity contribution in [2.45, 2.75) is 38.6 Å². The molecule has 1 aliphatic rings. The summed E-state index contributed by atoms with van der Waals surface area (Å²) in [5.41, 5.74) is 0. The van der Waals surface area contributed by atoms with Gasteiger partial charge in [0.1, 0.15) is 5.76 Å². The third kappa shape index (κ3) is 2.97. The fraction of sp³-hybridized carbons (Fsp3) is 0.714. The summed E-state index contributed by atoms with van der Waals surface area (Å²) in [5.74, 6) is 1.82. The second-order valence-corrected chi connectivity index (χ2v) is 5.51. The van der Waals surface area contributed by atoms with Gasteiger partial charge in [-0.25, -0.2) is 4.98 Å². The van der Waals surface area contributed by atoms with Gasteiger partial charge in [-0.1, -0.05) is 13.8 Å². The molecular formula is C14H22N2O3. The maximum atomic E-state index is 11.6. The minimum absolute atomic E-state index is 0.0289. The number of hydrogen-bond acceptors (Lipinski definition) is 5. The minimum Gasteiger partial charge on any atom is -0.469 e. The van der Waals surface area contributed by atoms with Crippen LogP contribution in [0.2, 0.25) is 0 Å². The largest absolute Gasteiger partial charge is 0.469 e. The Labute approximate surface area is 113 Å². The molecule has 106 valence electrons. The number of esters is 1. The molecule has 2 unspecified atom stereocenters. The molecule has 0 saturated carbocycles. The van der Waals surface area contributed by atoms with Gasteiger partial charge < -0.3 is 9.15 Å². The lowest BCUT2D eigenvalue weighted by Crippen LogP contribution is -2.38. The molecule has 19 heavy (non-hydrogen) atoms. The van der Waals surface area contributed by atoms with E-state index in [1.165, 1.54) is 7.11 Å². The predicted octanol–water partition coefficient (Wildman–Crippen LogP) is 2.35. The Kier molecular flexibility index (Phi) is 4.24. The second kappa shape index (κ2) is 5.74. The highest BCUT2D eigenvalue weighted by Crippen LogP contribution is 2.33. The Balaban J connectivity index is 2.04. The van der Waals surface area contributed by atoms with E-state index in [4.69, 9.17) is 9.15 Å². The fourth-order valence-corrected chi connectivity index (χ4v) is 2.59. The predicted molar refractivity (Wildman–Crippen MR) is 70.7 cm³/mol. The van der Waals surface area contributed by atoms with Crippen molar-refractivity contribution in [3.63, 3.8) is 0 Å². The zero-order chi connectivity index (χ0) is 14.0. The van der Waals surface area contributed by atoms with Crippen molar-refractivity contribution in [1.29, 1.82) is 0 Å². The molecule has 0 aromatic carbocycles. The molecule has 5 nitrogen and oxygen atoms in total. The molecule has 1 fully saturated rings. The first-order valence-corrected chi connectivity index (χ1v) is 6.76. The monoisotopic (exact) mass is 266 g/mol. The molecule has 0 spiro atoms. The topological polar surface area (TPSA) is 55.6 Å². The molecule has 0 amide bonds. The summed E-state index contributed by atoms with van der Waals surface area (Å²) >= 11 is 0. The average Bonchev–Trinajstić information content (AvgIpc) is 2.87. The Hall–Kier alpha value is -1.36. The SMILES string of the molecule is COC(=O)C1CCC(c2cnc(C(C)C)o2)N(C)C1. The van der Waals surface area contributed by atoms with Crippen LogP contribution < -0.4 is 0 Å². The normalized spacial score (nSPS) is 24.7. The van der Waals surface area contributed by atoms with Gasteiger partial charge in [-0.05, 0) is 19.9 Å². The van der Waals surface area contributed by atoms with Gasteiger partial charge >= 0.3 is 5.97 Å². The van der Waals surface area contributed by atoms with E-state index in [9.17, 15) is 4.79 Å². The van der Waals surface area contributed by atoms with E-state index in [0.717, 1.165) is 24.5 Å². The second-order valence-electron chi connectivity index (χ2n) is 5.51. The molecule has 0 radical (unpaired) electrons. The number of aromatic nitrogens is 1. The number of rotatable bonds is 3. The van der Waals surface area contributed by atoms with Crippen LogP contribution in [-0.2, 0) is 9.53 Å². The first kappa shape index (κ1) is 14.1. The van der Waals surface area contributed by atoms with Crippen LogP contribution in [-0.4, -0.2) is 36.6 Å². The van der Waals surface area contributed by atoms with Crippen LogP contribution >= 0.6 is 0 Å². The summed E-state index contributed by atoms with van der Waals surface area (Å²) in [6, 6.07) is 0.209. The lowest BCUT2D eigenvalue weighted by molar-refractivity contribution is -0.147. The van der Waals surface area contributed by atoms with Crippen LogP contribution in [0.5, 0.6) is 0 Å². The molecule has 2 rings (SSSR count). The lowest BCUT2D eigenvalue weighted by Gasteiger charge is -2.34. The fourth-order valence-electron chi connectivity index (χ4n) is 2.59. The Morgan fingerprint density at radius 3 is 2.79 bits per heavy atom. The van der Waals surface area contributed by atoms with E-state index in [1.807, 2.05) is 13.2 Å². The molecule has 1 saturated heterocycles. The maximum absolute atomic E-state index is 11.6. The van der Waals surface area contributed by atoms with Gasteiger partial charge in [0.25, 0.3) is 0 Å². The lowest BCUT2D eigenvalue weighted by atomic mass is 9.92. The van der Waals surface area contributed by atoms with Crippen LogP contribution in [0.25, 0.3) is 0 Å². The summed E-state index contributed by atoms with van der Waals surface area (Å²) in [5, 5.41) is 0. The highest BCUT2D eigenvalue weighted by molar-refractivity contribution is 5.72. The van der Waals surface area contributed by atoms with Gasteiger partial charge in [-0.15, -0.1) is 0 Å². The van der Waals surface area contributed by atoms with Crippen molar-refractivity contribution >= 4 is 5.97 Å². The highest BCUT2D eigenvalue weighted by atomic mass is 16.5. The van der Waals surface area contributed by atoms with Crippen molar-refractivity contribution < 1.29 is 13.9 Å². The molecule has 0 bridgehead atoms. The molecular weight excluding hydrogens is 244 g/mol. The zero-order valence-corrected chi connectivity index (χ0v) is 12.0. The van der Waals surface area contributed by atoms with E-state index < -0.39 is 0 Å². The van der Waals surface area contributed by atoms with Gasteiger partial charge in [0, 0.05) is 12.5 Å². The highest BCUT2D eigenvalue weighted by Gasteiger charge is 2.33. The van der Waals surface area contributed by atoms with Crippen molar-refractivity contribution in [2.75, 3.05) is 20.7 Å². The number of oxazole rings is 1. The summed E-state index contributed by atoms with van der Waals surface area (Å²) < 4.78 is 10.6. The summed E-state index contributed by atoms with van der Waals surface area (Å²) in [7, 11) is 3.46. The Bertz CT molecular complexity index is 442. The summed E-state index contributed by atoms with van der Waals surface area (Å²) in [4.78, 5) is 18.0. The molecule has 2 atom stereocenters. The number of methoxy groups -OCH3 is 1. The van der Waals surface area contributed by atoms with Gasteiger partial charge in [0.05, 0.1) is 25.3 Å². The molecule has 5 heteroatoms. The Morgan fingerprint density at radius 2 is 2.26 bits per heavy atom. The molecule has 1 aromatic rings. The van der Waals surface area contributed by atoms with Crippen molar-refractivity contribution in [2.24, 2.45) is 5.92 Å². The van der Waals surface area contributed by atoms with Gasteiger partial charge in [-0.2, -0.15) is 0 Å². The smallest absolute Gasteiger partial charge is 0.309 e. The third-order valence-corrected chi connectivity index (χ3v) is 3.73. The van der Waals surface area contributed by atoms with E-state index in [0.29, 0.717) is 12.5 Å². The number of carbonyl (C=O) groups is 1. The van der Waals surface area contributed by atoms with E-state index in [1.54, 1.807) is 0 Å². The van der Waals surface area contributed by atoms with Crippen LogP contribution in [0.4, 0.5) is 0 Å². The molecule has 1 aliphatic heterocycles. The maximum Gasteiger partial charge on any atom is 0.309 e. The molecule has 0 N–H and O–H groups in total. The van der Waals surface area contributed by atoms with E-state index >= 15 is 0 Å². The first-order chi connectivity index (χ1) is 9.02. The number of piperidine rings is 1. The summed E-state index contributed by atoms with van der Waals surface area (Å²) in [6.45, 7) is 4.83. The number of hydrogen-bond donors (Lipinski definition) is 0. The Morgan fingerprint density at radius 1 is 1.53 bits per heavy atom. The number of carbonyl (C=O) groups excluding carboxylic acids is 1. The quantitative estimate of drug-likeness (QED) is 0.786. The molecule has 1 aromatic heterocycles. The first-order valence-electron chi connectivity index (χ1n) is 6.76. The van der Waals surface area contributed by atoms with Crippen LogP contribution in [0, 0.1) is 5.92 Å². The van der Waals surface area contributed by atoms with Crippen molar-refractivity contribution in [3.8, 4) is 0 Å². The minimum atomic E-state index is -0.120. The number of ether oxygens (including phenoxy) is 1. The summed E-state index contributed by atoms with van der Waals surface area (Å²) in [6.07, 6.45) is 3.54. The van der Waals surface area contributed by atoms with Crippen LogP contribution in [0.3, 0.4) is 0 Å². The van der Waals surface area contributed by atoms with E-state index in [-0.39, 0.29) is 17.9 Å². The molecule has 2 heterocycles.